The lowest BCUT2D eigenvalue weighted by atomic mass is 10.1. The topological polar surface area (TPSA) is 85.1 Å². The van der Waals surface area contributed by atoms with E-state index in [1.807, 2.05) is 12.1 Å². The summed E-state index contributed by atoms with van der Waals surface area (Å²) in [5, 5.41) is 8.27. The van der Waals surface area contributed by atoms with E-state index in [2.05, 4.69) is 17.2 Å². The first-order valence-electron chi connectivity index (χ1n) is 6.30. The summed E-state index contributed by atoms with van der Waals surface area (Å²) >= 11 is 0. The number of hydrogen-bond donors (Lipinski definition) is 2. The summed E-state index contributed by atoms with van der Waals surface area (Å²) in [4.78, 5) is 4.45. The second-order valence-corrected chi connectivity index (χ2v) is 5.95. The number of anilines is 1. The number of hydrogen-bond acceptors (Lipinski definition) is 4. The fraction of sp³-hybridized carbons (Fsp3) is 0.214. The number of nitrogens with one attached hydrogen (secondary N) is 1. The zero-order valence-corrected chi connectivity index (χ0v) is 12.0. The first kappa shape index (κ1) is 14.5. The van der Waals surface area contributed by atoms with Crippen molar-refractivity contribution in [2.24, 2.45) is 5.14 Å². The summed E-state index contributed by atoms with van der Waals surface area (Å²) in [7, 11) is -3.64. The molecule has 3 N–H and O–H groups in total. The Labute approximate surface area is 118 Å². The highest BCUT2D eigenvalue weighted by Gasteiger charge is 2.07. The van der Waals surface area contributed by atoms with Gasteiger partial charge in [-0.05, 0) is 42.3 Å². The van der Waals surface area contributed by atoms with Crippen molar-refractivity contribution in [2.45, 2.75) is 24.8 Å². The highest BCUT2D eigenvalue weighted by Crippen LogP contribution is 2.14. The standard InChI is InChI=1S/C14H17N3O2S/c1-2-11-4-3-9-16-14(11)10-17-12-5-7-13(8-6-12)20(15,18)19/h3-9,17H,2,10H2,1H3,(H2,15,18,19). The van der Waals surface area contributed by atoms with Crippen molar-refractivity contribution in [3.63, 3.8) is 0 Å². The lowest BCUT2D eigenvalue weighted by Gasteiger charge is -2.09. The summed E-state index contributed by atoms with van der Waals surface area (Å²) in [6.07, 6.45) is 2.69. The van der Waals surface area contributed by atoms with Crippen molar-refractivity contribution in [3.05, 3.63) is 53.9 Å². The van der Waals surface area contributed by atoms with Gasteiger partial charge in [-0.1, -0.05) is 13.0 Å². The fourth-order valence-electron chi connectivity index (χ4n) is 1.90. The zero-order chi connectivity index (χ0) is 14.6. The van der Waals surface area contributed by atoms with E-state index in [0.717, 1.165) is 17.8 Å². The van der Waals surface area contributed by atoms with Gasteiger partial charge in [0.1, 0.15) is 0 Å². The molecule has 1 aromatic carbocycles. The van der Waals surface area contributed by atoms with E-state index < -0.39 is 10.0 Å². The number of benzene rings is 1. The van der Waals surface area contributed by atoms with Crippen LogP contribution in [0, 0.1) is 0 Å². The average molecular weight is 291 g/mol. The van der Waals surface area contributed by atoms with E-state index in [9.17, 15) is 8.42 Å². The highest BCUT2D eigenvalue weighted by atomic mass is 32.2. The summed E-state index contributed by atoms with van der Waals surface area (Å²) in [6, 6.07) is 10.3. The molecule has 20 heavy (non-hydrogen) atoms. The van der Waals surface area contributed by atoms with Crippen molar-refractivity contribution < 1.29 is 8.42 Å². The molecule has 0 radical (unpaired) electrons. The first-order chi connectivity index (χ1) is 9.50. The summed E-state index contributed by atoms with van der Waals surface area (Å²) in [6.45, 7) is 2.68. The van der Waals surface area contributed by atoms with Gasteiger partial charge < -0.3 is 5.32 Å². The average Bonchev–Trinajstić information content (AvgIpc) is 2.45. The molecule has 0 aliphatic carbocycles. The Hall–Kier alpha value is -1.92. The molecule has 0 saturated carbocycles. The van der Waals surface area contributed by atoms with Gasteiger partial charge >= 0.3 is 0 Å². The van der Waals surface area contributed by atoms with Crippen LogP contribution in [0.5, 0.6) is 0 Å². The number of aromatic nitrogens is 1. The quantitative estimate of drug-likeness (QED) is 0.881. The van der Waals surface area contributed by atoms with Gasteiger partial charge in [0.15, 0.2) is 0 Å². The largest absolute Gasteiger partial charge is 0.379 e. The van der Waals surface area contributed by atoms with Gasteiger partial charge in [-0.15, -0.1) is 0 Å². The van der Waals surface area contributed by atoms with E-state index in [0.29, 0.717) is 6.54 Å². The smallest absolute Gasteiger partial charge is 0.238 e. The van der Waals surface area contributed by atoms with Crippen molar-refractivity contribution in [3.8, 4) is 0 Å². The van der Waals surface area contributed by atoms with Crippen molar-refractivity contribution in [1.82, 2.24) is 4.98 Å². The summed E-state index contributed by atoms with van der Waals surface area (Å²) in [5.41, 5.74) is 3.01. The minimum absolute atomic E-state index is 0.107. The Morgan fingerprint density at radius 2 is 1.90 bits per heavy atom. The second-order valence-electron chi connectivity index (χ2n) is 4.39. The van der Waals surface area contributed by atoms with Crippen LogP contribution in [-0.4, -0.2) is 13.4 Å². The van der Waals surface area contributed by atoms with Gasteiger partial charge in [0.25, 0.3) is 0 Å². The molecule has 5 nitrogen and oxygen atoms in total. The normalized spacial score (nSPS) is 11.3. The molecular formula is C14H17N3O2S. The van der Waals surface area contributed by atoms with Crippen LogP contribution in [0.25, 0.3) is 0 Å². The molecule has 106 valence electrons. The number of rotatable bonds is 5. The Morgan fingerprint density at radius 1 is 1.20 bits per heavy atom. The van der Waals surface area contributed by atoms with Gasteiger partial charge in [-0.25, -0.2) is 13.6 Å². The van der Waals surface area contributed by atoms with Crippen LogP contribution in [0.3, 0.4) is 0 Å². The molecule has 0 bridgehead atoms. The Morgan fingerprint density at radius 3 is 2.50 bits per heavy atom. The minimum Gasteiger partial charge on any atom is -0.379 e. The lowest BCUT2D eigenvalue weighted by Crippen LogP contribution is -2.12. The fourth-order valence-corrected chi connectivity index (χ4v) is 2.42. The predicted octanol–water partition coefficient (Wildman–Crippen LogP) is 1.90. The number of nitrogens with zero attached hydrogens (tertiary/aromatic N) is 1. The molecule has 0 aliphatic heterocycles. The first-order valence-corrected chi connectivity index (χ1v) is 7.85. The molecule has 1 aromatic heterocycles. The molecule has 2 aromatic rings. The van der Waals surface area contributed by atoms with E-state index >= 15 is 0 Å². The molecule has 0 fully saturated rings. The van der Waals surface area contributed by atoms with E-state index in [1.165, 1.54) is 17.7 Å². The second kappa shape index (κ2) is 6.02. The van der Waals surface area contributed by atoms with E-state index in [1.54, 1.807) is 18.3 Å². The van der Waals surface area contributed by atoms with Crippen LogP contribution in [-0.2, 0) is 23.0 Å². The third kappa shape index (κ3) is 3.55. The molecule has 0 amide bonds. The highest BCUT2D eigenvalue weighted by molar-refractivity contribution is 7.89. The maximum Gasteiger partial charge on any atom is 0.238 e. The predicted molar refractivity (Wildman–Crippen MR) is 78.8 cm³/mol. The molecule has 0 spiro atoms. The minimum atomic E-state index is -3.64. The number of pyridine rings is 1. The maximum atomic E-state index is 11.2. The van der Waals surface area contributed by atoms with Crippen molar-refractivity contribution in [2.75, 3.05) is 5.32 Å². The number of sulfonamides is 1. The van der Waals surface area contributed by atoms with E-state index in [4.69, 9.17) is 5.14 Å². The molecule has 0 atom stereocenters. The molecule has 0 saturated heterocycles. The van der Waals surface area contributed by atoms with Crippen LogP contribution in [0.2, 0.25) is 0 Å². The lowest BCUT2D eigenvalue weighted by molar-refractivity contribution is 0.598. The van der Waals surface area contributed by atoms with Crippen LogP contribution < -0.4 is 10.5 Å². The molecular weight excluding hydrogens is 274 g/mol. The van der Waals surface area contributed by atoms with E-state index in [-0.39, 0.29) is 4.90 Å². The molecule has 2 rings (SSSR count). The number of primary sulfonamides is 1. The number of nitrogens with two attached hydrogens (primary N) is 1. The number of aryl methyl sites for hydroxylation is 1. The van der Waals surface area contributed by atoms with Crippen LogP contribution in [0.15, 0.2) is 47.5 Å². The summed E-state index contributed by atoms with van der Waals surface area (Å²) in [5.74, 6) is 0. The molecule has 6 heteroatoms. The molecule has 1 heterocycles. The third-order valence-corrected chi connectivity index (χ3v) is 3.94. The van der Waals surface area contributed by atoms with Gasteiger partial charge in [0.2, 0.25) is 10.0 Å². The Balaban J connectivity index is 2.08. The van der Waals surface area contributed by atoms with Gasteiger partial charge in [0, 0.05) is 11.9 Å². The zero-order valence-electron chi connectivity index (χ0n) is 11.2. The van der Waals surface area contributed by atoms with Gasteiger partial charge in [0.05, 0.1) is 17.1 Å². The van der Waals surface area contributed by atoms with Crippen LogP contribution in [0.4, 0.5) is 5.69 Å². The molecule has 0 aliphatic rings. The Kier molecular flexibility index (Phi) is 4.36. The third-order valence-electron chi connectivity index (χ3n) is 3.01. The Bertz CT molecular complexity index is 682. The maximum absolute atomic E-state index is 11.2. The molecule has 0 unspecified atom stereocenters. The van der Waals surface area contributed by atoms with Gasteiger partial charge in [-0.2, -0.15) is 0 Å². The van der Waals surface area contributed by atoms with Crippen LogP contribution in [0.1, 0.15) is 18.2 Å². The van der Waals surface area contributed by atoms with Gasteiger partial charge in [-0.3, -0.25) is 4.98 Å². The van der Waals surface area contributed by atoms with Crippen molar-refractivity contribution in [1.29, 1.82) is 0 Å². The monoisotopic (exact) mass is 291 g/mol. The SMILES string of the molecule is CCc1cccnc1CNc1ccc(S(N)(=O)=O)cc1. The van der Waals surface area contributed by atoms with Crippen LogP contribution >= 0.6 is 0 Å². The summed E-state index contributed by atoms with van der Waals surface area (Å²) < 4.78 is 22.3. The van der Waals surface area contributed by atoms with Crippen molar-refractivity contribution >= 4 is 15.7 Å².